The highest BCUT2D eigenvalue weighted by Crippen LogP contribution is 2.30. The summed E-state index contributed by atoms with van der Waals surface area (Å²) in [5.74, 6) is -0.286. The summed E-state index contributed by atoms with van der Waals surface area (Å²) in [7, 11) is -5.14. The first-order valence-corrected chi connectivity index (χ1v) is 7.92. The van der Waals surface area contributed by atoms with Crippen molar-refractivity contribution in [1.29, 1.82) is 0 Å². The maximum atomic E-state index is 12.5. The number of alkyl halides is 3. The van der Waals surface area contributed by atoms with Crippen molar-refractivity contribution in [2.45, 2.75) is 12.6 Å². The quantitative estimate of drug-likeness (QED) is 0.506. The van der Waals surface area contributed by atoms with E-state index in [1.807, 2.05) is 0 Å². The molecular weight excluding hydrogens is 356 g/mol. The zero-order chi connectivity index (χ0) is 18.0. The van der Waals surface area contributed by atoms with Crippen LogP contribution in [-0.2, 0) is 10.5 Å². The number of nitrogens with one attached hydrogen (secondary N) is 1. The van der Waals surface area contributed by atoms with Gasteiger partial charge in [0.15, 0.2) is 0 Å². The first-order valence-electron chi connectivity index (χ1n) is 6.61. The van der Waals surface area contributed by atoms with Crippen LogP contribution >= 0.6 is 0 Å². The summed E-state index contributed by atoms with van der Waals surface area (Å²) < 4.78 is 74.5. The van der Waals surface area contributed by atoms with E-state index < -0.39 is 28.3 Å². The highest BCUT2D eigenvalue weighted by Gasteiger charge is 2.35. The lowest BCUT2D eigenvalue weighted by atomic mass is 10.1. The van der Waals surface area contributed by atoms with Gasteiger partial charge in [0, 0.05) is 24.4 Å². The van der Waals surface area contributed by atoms with Gasteiger partial charge in [0.2, 0.25) is 0 Å². The fraction of sp³-hybridized carbons (Fsp3) is 0.308. The average molecular weight is 368 g/mol. The second-order valence-electron chi connectivity index (χ2n) is 4.85. The Morgan fingerprint density at radius 1 is 1.21 bits per heavy atom. The predicted molar refractivity (Wildman–Crippen MR) is 76.4 cm³/mol. The van der Waals surface area contributed by atoms with Gasteiger partial charge < -0.3 is 14.4 Å². The largest absolute Gasteiger partial charge is 0.488 e. The summed E-state index contributed by atoms with van der Waals surface area (Å²) in [6, 6.07) is 4.15. The molecule has 1 aliphatic heterocycles. The van der Waals surface area contributed by atoms with Crippen LogP contribution in [-0.4, -0.2) is 38.6 Å². The van der Waals surface area contributed by atoms with E-state index in [2.05, 4.69) is 9.50 Å². The fourth-order valence-corrected chi connectivity index (χ4v) is 2.36. The molecule has 1 aromatic carbocycles. The molecule has 2 amide bonds. The van der Waals surface area contributed by atoms with Crippen LogP contribution in [0.3, 0.4) is 0 Å². The van der Waals surface area contributed by atoms with Gasteiger partial charge in [-0.25, -0.2) is 4.79 Å². The molecule has 2 rings (SSSR count). The lowest BCUT2D eigenvalue weighted by molar-refractivity contribution is -0.0956. The van der Waals surface area contributed by atoms with Crippen LogP contribution in [0.25, 0.3) is 0 Å². The van der Waals surface area contributed by atoms with Crippen LogP contribution in [0.4, 0.5) is 27.5 Å². The van der Waals surface area contributed by atoms with Crippen molar-refractivity contribution < 1.29 is 34.5 Å². The Morgan fingerprint density at radius 3 is 2.29 bits per heavy atom. The van der Waals surface area contributed by atoms with E-state index in [1.165, 1.54) is 17.0 Å². The lowest BCUT2D eigenvalue weighted by Crippen LogP contribution is -2.39. The van der Waals surface area contributed by atoms with Gasteiger partial charge in [0.1, 0.15) is 5.75 Å². The molecule has 1 aliphatic rings. The van der Waals surface area contributed by atoms with E-state index in [9.17, 15) is 30.3 Å². The summed E-state index contributed by atoms with van der Waals surface area (Å²) in [5, 5.41) is 2.43. The van der Waals surface area contributed by atoms with Gasteiger partial charge in [-0.05, 0) is 30.7 Å². The molecule has 0 spiro atoms. The van der Waals surface area contributed by atoms with Crippen LogP contribution in [0, 0.1) is 0 Å². The van der Waals surface area contributed by atoms with Crippen molar-refractivity contribution >= 4 is 22.2 Å². The molecule has 0 bridgehead atoms. The second-order valence-corrected chi connectivity index (χ2v) is 5.81. The Labute approximate surface area is 135 Å². The number of carbonyl (C=O) groups is 1. The molecular formula is C13H12F4N2O4S. The van der Waals surface area contributed by atoms with E-state index in [0.717, 1.165) is 18.2 Å². The van der Waals surface area contributed by atoms with Crippen LogP contribution < -0.4 is 9.50 Å². The average Bonchev–Trinajstić information content (AvgIpc) is 2.47. The highest BCUT2D eigenvalue weighted by molar-refractivity contribution is 7.81. The normalized spacial score (nSPS) is 15.7. The predicted octanol–water partition coefficient (Wildman–Crippen LogP) is 3.01. The van der Waals surface area contributed by atoms with Crippen molar-refractivity contribution in [2.75, 3.05) is 18.4 Å². The number of halogens is 4. The molecule has 0 fully saturated rings. The first kappa shape index (κ1) is 18.0. The van der Waals surface area contributed by atoms with Gasteiger partial charge in [-0.15, -0.1) is 0 Å². The van der Waals surface area contributed by atoms with E-state index >= 15 is 0 Å². The molecule has 0 atom stereocenters. The topological polar surface area (TPSA) is 75.7 Å². The highest BCUT2D eigenvalue weighted by atomic mass is 32.3. The smallest absolute Gasteiger partial charge is 0.358 e. The van der Waals surface area contributed by atoms with Gasteiger partial charge in [0.25, 0.3) is 0 Å². The standard InChI is InChI=1S/C13H12F4N2O4S/c14-13(15,16)9-5-7-19(8-6-9)12(20)18-10-1-3-11(4-2-10)23-24(17,21)22/h1-5H,6-8H2,(H,18,20). The molecule has 6 nitrogen and oxygen atoms in total. The Balaban J connectivity index is 1.95. The van der Waals surface area contributed by atoms with Crippen LogP contribution in [0.2, 0.25) is 0 Å². The molecule has 24 heavy (non-hydrogen) atoms. The van der Waals surface area contributed by atoms with Crippen molar-refractivity contribution in [1.82, 2.24) is 4.90 Å². The minimum absolute atomic E-state index is 0.0849. The molecule has 11 heteroatoms. The summed E-state index contributed by atoms with van der Waals surface area (Å²) >= 11 is 0. The van der Waals surface area contributed by atoms with Crippen molar-refractivity contribution in [2.24, 2.45) is 0 Å². The Morgan fingerprint density at radius 2 is 1.83 bits per heavy atom. The second kappa shape index (κ2) is 6.67. The molecule has 132 valence electrons. The number of urea groups is 1. The SMILES string of the molecule is O=C(Nc1ccc(OS(=O)(=O)F)cc1)N1CC=C(C(F)(F)F)CC1. The van der Waals surface area contributed by atoms with Crippen molar-refractivity contribution in [3.63, 3.8) is 0 Å². The van der Waals surface area contributed by atoms with Gasteiger partial charge in [0.05, 0.1) is 0 Å². The Kier molecular flexibility index (Phi) is 5.02. The molecule has 0 aromatic heterocycles. The monoisotopic (exact) mass is 368 g/mol. The molecule has 0 aliphatic carbocycles. The molecule has 1 heterocycles. The van der Waals surface area contributed by atoms with Crippen molar-refractivity contribution in [3.8, 4) is 5.75 Å². The van der Waals surface area contributed by atoms with Crippen LogP contribution in [0.15, 0.2) is 35.9 Å². The number of anilines is 1. The summed E-state index contributed by atoms with van der Waals surface area (Å²) in [6.45, 7) is -0.263. The third-order valence-corrected chi connectivity index (χ3v) is 3.55. The van der Waals surface area contributed by atoms with Gasteiger partial charge in [-0.1, -0.05) is 9.96 Å². The van der Waals surface area contributed by atoms with Crippen LogP contribution in [0.1, 0.15) is 6.42 Å². The third kappa shape index (κ3) is 5.11. The zero-order valence-corrected chi connectivity index (χ0v) is 12.8. The molecule has 0 radical (unpaired) electrons. The number of amides is 2. The maximum absolute atomic E-state index is 12.5. The Bertz CT molecular complexity index is 744. The number of hydrogen-bond donors (Lipinski definition) is 1. The number of carbonyl (C=O) groups excluding carboxylic acids is 1. The summed E-state index contributed by atoms with van der Waals surface area (Å²) in [5.41, 5.74) is -0.422. The van der Waals surface area contributed by atoms with Gasteiger partial charge in [-0.3, -0.25) is 0 Å². The number of rotatable bonds is 3. The number of nitrogens with zero attached hydrogens (tertiary/aromatic N) is 1. The summed E-state index contributed by atoms with van der Waals surface area (Å²) in [6.07, 6.45) is -3.74. The van der Waals surface area contributed by atoms with Gasteiger partial charge in [-0.2, -0.15) is 21.6 Å². The molecule has 0 saturated carbocycles. The minimum atomic E-state index is -5.14. The van der Waals surface area contributed by atoms with Gasteiger partial charge >= 0.3 is 22.7 Å². The van der Waals surface area contributed by atoms with Crippen molar-refractivity contribution in [3.05, 3.63) is 35.9 Å². The molecule has 1 aromatic rings. The van der Waals surface area contributed by atoms with E-state index in [4.69, 9.17) is 0 Å². The maximum Gasteiger partial charge on any atom is 0.488 e. The van der Waals surface area contributed by atoms with E-state index in [0.29, 0.717) is 0 Å². The zero-order valence-electron chi connectivity index (χ0n) is 12.0. The fourth-order valence-electron chi connectivity index (χ4n) is 2.02. The minimum Gasteiger partial charge on any atom is -0.358 e. The van der Waals surface area contributed by atoms with Crippen LogP contribution in [0.5, 0.6) is 5.75 Å². The molecule has 1 N–H and O–H groups in total. The number of benzene rings is 1. The third-order valence-electron chi connectivity index (χ3n) is 3.16. The number of hydrogen-bond acceptors (Lipinski definition) is 4. The molecule has 0 saturated heterocycles. The molecule has 0 unspecified atom stereocenters. The lowest BCUT2D eigenvalue weighted by Gasteiger charge is -2.27. The first-order chi connectivity index (χ1) is 11.0. The Hall–Kier alpha value is -2.30. The van der Waals surface area contributed by atoms with E-state index in [1.54, 1.807) is 0 Å². The van der Waals surface area contributed by atoms with E-state index in [-0.39, 0.29) is 30.9 Å². The summed E-state index contributed by atoms with van der Waals surface area (Å²) in [4.78, 5) is 13.1.